The maximum Gasteiger partial charge on any atom is 0.409 e. The van der Waals surface area contributed by atoms with Crippen molar-refractivity contribution < 1.29 is 9.90 Å². The van der Waals surface area contributed by atoms with Gasteiger partial charge in [0, 0.05) is 5.69 Å². The first-order valence-corrected chi connectivity index (χ1v) is 3.26. The molecule has 1 amide bonds. The number of carboxylic acid groups (broad SMARTS) is 1. The van der Waals surface area contributed by atoms with Gasteiger partial charge >= 0.3 is 6.09 Å². The molecule has 0 saturated carbocycles. The topological polar surface area (TPSA) is 49.3 Å². The van der Waals surface area contributed by atoms with Gasteiger partial charge in [-0.05, 0) is 18.6 Å². The van der Waals surface area contributed by atoms with E-state index in [1.165, 1.54) is 0 Å². The number of anilines is 1. The van der Waals surface area contributed by atoms with Gasteiger partial charge in [-0.1, -0.05) is 18.2 Å². The van der Waals surface area contributed by atoms with Crippen LogP contribution in [0, 0.1) is 6.92 Å². The van der Waals surface area contributed by atoms with E-state index in [0.717, 1.165) is 5.56 Å². The molecule has 0 unspecified atom stereocenters. The smallest absolute Gasteiger partial charge is 0.409 e. The molecule has 0 aliphatic rings. The van der Waals surface area contributed by atoms with E-state index < -0.39 is 6.09 Å². The van der Waals surface area contributed by atoms with E-state index in [2.05, 4.69) is 5.32 Å². The number of nitrogens with one attached hydrogen (secondary N) is 1. The molecule has 1 rings (SSSR count). The van der Waals surface area contributed by atoms with Gasteiger partial charge in [-0.25, -0.2) is 4.79 Å². The highest BCUT2D eigenvalue weighted by Gasteiger charge is 1.98. The van der Waals surface area contributed by atoms with E-state index >= 15 is 0 Å². The Hall–Kier alpha value is -1.22. The molecule has 1 aromatic carbocycles. The number of carbonyl (C=O) groups is 1. The highest BCUT2D eigenvalue weighted by molar-refractivity contribution is 5.85. The van der Waals surface area contributed by atoms with Crippen LogP contribution in [-0.2, 0) is 0 Å². The van der Waals surface area contributed by atoms with Crippen molar-refractivity contribution in [2.75, 3.05) is 5.32 Å². The maximum atomic E-state index is 10.2. The lowest BCUT2D eigenvalue weighted by molar-refractivity contribution is 0.209. The number of aryl methyl sites for hydroxylation is 1. The summed E-state index contributed by atoms with van der Waals surface area (Å²) in [6.07, 6.45) is -1.03. The second kappa shape index (κ2) is 4.62. The zero-order chi connectivity index (χ0) is 8.27. The SMILES string of the molecule is Cc1ccccc1NC(=O)O.Cl. The number of amides is 1. The van der Waals surface area contributed by atoms with Crippen molar-refractivity contribution in [3.63, 3.8) is 0 Å². The van der Waals surface area contributed by atoms with Crippen molar-refractivity contribution >= 4 is 24.2 Å². The van der Waals surface area contributed by atoms with Gasteiger partial charge in [0.25, 0.3) is 0 Å². The van der Waals surface area contributed by atoms with Gasteiger partial charge in [0.05, 0.1) is 0 Å². The number of hydrogen-bond donors (Lipinski definition) is 2. The molecule has 3 nitrogen and oxygen atoms in total. The van der Waals surface area contributed by atoms with Crippen molar-refractivity contribution in [3.8, 4) is 0 Å². The molecule has 0 radical (unpaired) electrons. The summed E-state index contributed by atoms with van der Waals surface area (Å²) in [7, 11) is 0. The lowest BCUT2D eigenvalue weighted by atomic mass is 10.2. The van der Waals surface area contributed by atoms with Gasteiger partial charge in [-0.3, -0.25) is 5.32 Å². The first-order chi connectivity index (χ1) is 5.20. The van der Waals surface area contributed by atoms with Crippen molar-refractivity contribution in [2.45, 2.75) is 6.92 Å². The fourth-order valence-corrected chi connectivity index (χ4v) is 0.828. The van der Waals surface area contributed by atoms with E-state index in [-0.39, 0.29) is 12.4 Å². The summed E-state index contributed by atoms with van der Waals surface area (Å²) in [5.74, 6) is 0. The van der Waals surface area contributed by atoms with Crippen LogP contribution in [0.25, 0.3) is 0 Å². The molecule has 1 aromatic rings. The highest BCUT2D eigenvalue weighted by Crippen LogP contribution is 2.12. The Morgan fingerprint density at radius 2 is 2.00 bits per heavy atom. The van der Waals surface area contributed by atoms with Crippen LogP contribution in [0.3, 0.4) is 0 Å². The summed E-state index contributed by atoms with van der Waals surface area (Å²) in [5.41, 5.74) is 1.56. The lowest BCUT2D eigenvalue weighted by Gasteiger charge is -2.02. The summed E-state index contributed by atoms with van der Waals surface area (Å²) in [6, 6.07) is 7.23. The molecule has 0 aliphatic heterocycles. The second-order valence-corrected chi connectivity index (χ2v) is 2.25. The third kappa shape index (κ3) is 2.80. The Labute approximate surface area is 76.8 Å². The second-order valence-electron chi connectivity index (χ2n) is 2.25. The number of para-hydroxylation sites is 1. The minimum Gasteiger partial charge on any atom is -0.465 e. The molecule has 0 atom stereocenters. The van der Waals surface area contributed by atoms with Crippen LogP contribution in [0.2, 0.25) is 0 Å². The van der Waals surface area contributed by atoms with Crippen LogP contribution in [0.4, 0.5) is 10.5 Å². The Bertz CT molecular complexity index is 276. The van der Waals surface area contributed by atoms with E-state index in [9.17, 15) is 4.79 Å². The van der Waals surface area contributed by atoms with Crippen molar-refractivity contribution in [1.82, 2.24) is 0 Å². The van der Waals surface area contributed by atoms with Crippen molar-refractivity contribution in [1.29, 1.82) is 0 Å². The Morgan fingerprint density at radius 1 is 1.42 bits per heavy atom. The van der Waals surface area contributed by atoms with E-state index in [4.69, 9.17) is 5.11 Å². The molecule has 4 heteroatoms. The van der Waals surface area contributed by atoms with Crippen LogP contribution in [0.5, 0.6) is 0 Å². The summed E-state index contributed by atoms with van der Waals surface area (Å²) in [6.45, 7) is 1.85. The normalized spacial score (nSPS) is 8.42. The minimum atomic E-state index is -1.03. The summed E-state index contributed by atoms with van der Waals surface area (Å²) in [5, 5.41) is 10.7. The van der Waals surface area contributed by atoms with Gasteiger partial charge in [0.15, 0.2) is 0 Å². The number of halogens is 1. The summed E-state index contributed by atoms with van der Waals surface area (Å²) >= 11 is 0. The van der Waals surface area contributed by atoms with Crippen LogP contribution in [0.15, 0.2) is 24.3 Å². The number of hydrogen-bond acceptors (Lipinski definition) is 1. The summed E-state index contributed by atoms with van der Waals surface area (Å²) in [4.78, 5) is 10.2. The van der Waals surface area contributed by atoms with Crippen molar-refractivity contribution in [2.24, 2.45) is 0 Å². The van der Waals surface area contributed by atoms with Crippen LogP contribution in [0.1, 0.15) is 5.56 Å². The number of benzene rings is 1. The zero-order valence-electron chi connectivity index (χ0n) is 6.57. The van der Waals surface area contributed by atoms with Crippen LogP contribution < -0.4 is 5.32 Å². The molecular weight excluding hydrogens is 178 g/mol. The van der Waals surface area contributed by atoms with E-state index in [1.807, 2.05) is 19.1 Å². The lowest BCUT2D eigenvalue weighted by Crippen LogP contribution is -2.07. The molecule has 0 spiro atoms. The van der Waals surface area contributed by atoms with Gasteiger partial charge < -0.3 is 5.11 Å². The third-order valence-corrected chi connectivity index (χ3v) is 1.39. The monoisotopic (exact) mass is 187 g/mol. The summed E-state index contributed by atoms with van der Waals surface area (Å²) < 4.78 is 0. The minimum absolute atomic E-state index is 0. The van der Waals surface area contributed by atoms with E-state index in [1.54, 1.807) is 12.1 Å². The zero-order valence-corrected chi connectivity index (χ0v) is 7.39. The quantitative estimate of drug-likeness (QED) is 0.710. The van der Waals surface area contributed by atoms with Crippen LogP contribution >= 0.6 is 12.4 Å². The van der Waals surface area contributed by atoms with E-state index in [0.29, 0.717) is 5.69 Å². The Balaban J connectivity index is 0.00000121. The van der Waals surface area contributed by atoms with Crippen LogP contribution in [-0.4, -0.2) is 11.2 Å². The van der Waals surface area contributed by atoms with Gasteiger partial charge in [0.2, 0.25) is 0 Å². The molecule has 12 heavy (non-hydrogen) atoms. The Morgan fingerprint density at radius 3 is 2.50 bits per heavy atom. The molecule has 0 bridgehead atoms. The fraction of sp³-hybridized carbons (Fsp3) is 0.125. The molecule has 2 N–H and O–H groups in total. The molecule has 0 aromatic heterocycles. The first-order valence-electron chi connectivity index (χ1n) is 3.26. The molecule has 0 heterocycles. The standard InChI is InChI=1S/C8H9NO2.ClH/c1-6-4-2-3-5-7(6)9-8(10)11;/h2-5,9H,1H3,(H,10,11);1H. The molecule has 66 valence electrons. The molecular formula is C8H10ClNO2. The largest absolute Gasteiger partial charge is 0.465 e. The molecule has 0 saturated heterocycles. The van der Waals surface area contributed by atoms with Gasteiger partial charge in [-0.2, -0.15) is 0 Å². The third-order valence-electron chi connectivity index (χ3n) is 1.39. The predicted octanol–water partition coefficient (Wildman–Crippen LogP) is 2.51. The average Bonchev–Trinajstić information content (AvgIpc) is 1.93. The first kappa shape index (κ1) is 10.8. The van der Waals surface area contributed by atoms with Crippen molar-refractivity contribution in [3.05, 3.63) is 29.8 Å². The molecule has 0 aliphatic carbocycles. The van der Waals surface area contributed by atoms with Gasteiger partial charge in [-0.15, -0.1) is 12.4 Å². The van der Waals surface area contributed by atoms with Gasteiger partial charge in [0.1, 0.15) is 0 Å². The molecule has 0 fully saturated rings. The Kier molecular flexibility index (Phi) is 4.15. The predicted molar refractivity (Wildman–Crippen MR) is 50.1 cm³/mol. The fourth-order valence-electron chi connectivity index (χ4n) is 0.828. The highest BCUT2D eigenvalue weighted by atomic mass is 35.5. The maximum absolute atomic E-state index is 10.2. The number of rotatable bonds is 1. The average molecular weight is 188 g/mol.